The van der Waals surface area contributed by atoms with E-state index in [9.17, 15) is 0 Å². The van der Waals surface area contributed by atoms with Crippen LogP contribution in [0.1, 0.15) is 29.2 Å². The zero-order valence-corrected chi connectivity index (χ0v) is 19.8. The van der Waals surface area contributed by atoms with Gasteiger partial charge < -0.3 is 5.32 Å². The van der Waals surface area contributed by atoms with Crippen LogP contribution in [0.15, 0.2) is 73.1 Å². The lowest BCUT2D eigenvalue weighted by Crippen LogP contribution is -2.19. The van der Waals surface area contributed by atoms with Crippen molar-refractivity contribution < 1.29 is 0 Å². The summed E-state index contributed by atoms with van der Waals surface area (Å²) in [5, 5.41) is 11.4. The number of aryl methyl sites for hydroxylation is 1. The molecular weight excluding hydrogens is 440 g/mol. The number of H-pyrrole nitrogens is 1. The topological polar surface area (TPSA) is 69.7 Å². The fourth-order valence-electron chi connectivity index (χ4n) is 4.77. The molecule has 1 aliphatic rings. The van der Waals surface area contributed by atoms with Gasteiger partial charge in [-0.25, -0.2) is 9.97 Å². The fraction of sp³-hybridized carbons (Fsp3) is 0.222. The Morgan fingerprint density at radius 1 is 1.12 bits per heavy atom. The summed E-state index contributed by atoms with van der Waals surface area (Å²) in [5.74, 6) is 1.46. The molecule has 1 unspecified atom stereocenters. The van der Waals surface area contributed by atoms with Crippen LogP contribution in [0.5, 0.6) is 0 Å². The first kappa shape index (κ1) is 21.0. The smallest absolute Gasteiger partial charge is 0.189 e. The third kappa shape index (κ3) is 4.32. The maximum Gasteiger partial charge on any atom is 0.189 e. The summed E-state index contributed by atoms with van der Waals surface area (Å²) < 4.78 is 1.14. The van der Waals surface area contributed by atoms with E-state index in [1.807, 2.05) is 19.3 Å². The molecule has 0 radical (unpaired) electrons. The second-order valence-corrected chi connectivity index (χ2v) is 9.95. The molecule has 7 heteroatoms. The maximum absolute atomic E-state index is 4.76. The summed E-state index contributed by atoms with van der Waals surface area (Å²) in [6, 6.07) is 21.5. The number of likely N-dealkylation sites (tertiary alicyclic amines) is 1. The summed E-state index contributed by atoms with van der Waals surface area (Å²) in [4.78, 5) is 11.8. The van der Waals surface area contributed by atoms with Crippen LogP contribution in [-0.4, -0.2) is 38.2 Å². The number of hydrogen-bond acceptors (Lipinski definition) is 6. The normalized spacial score (nSPS) is 16.3. The van der Waals surface area contributed by atoms with Crippen LogP contribution in [0.2, 0.25) is 0 Å². The van der Waals surface area contributed by atoms with E-state index in [2.05, 4.69) is 86.1 Å². The van der Waals surface area contributed by atoms with Crippen LogP contribution >= 0.6 is 11.3 Å². The van der Waals surface area contributed by atoms with E-state index >= 15 is 0 Å². The van der Waals surface area contributed by atoms with E-state index in [0.29, 0.717) is 5.92 Å². The first-order chi connectivity index (χ1) is 16.7. The van der Waals surface area contributed by atoms with Crippen molar-refractivity contribution in [1.29, 1.82) is 0 Å². The van der Waals surface area contributed by atoms with E-state index in [1.54, 1.807) is 11.3 Å². The Bertz CT molecular complexity index is 1420. The van der Waals surface area contributed by atoms with Crippen LogP contribution in [-0.2, 0) is 6.54 Å². The number of fused-ring (bicyclic) bond motifs is 1. The van der Waals surface area contributed by atoms with Gasteiger partial charge in [0.15, 0.2) is 5.13 Å². The standard InChI is InChI=1S/C27H26N6S/c1-18-23(15-29-32-18)21-7-8-24-25(14-21)34-27(30-24)31-26-13-19(9-11-28-26)16-33-12-10-22(17-33)20-5-3-2-4-6-20/h2-9,11,13-15,22H,10,12,16-17H2,1H3,(H,29,32)(H,28,30,31). The number of nitrogens with one attached hydrogen (secondary N) is 2. The summed E-state index contributed by atoms with van der Waals surface area (Å²) in [6.07, 6.45) is 4.97. The van der Waals surface area contributed by atoms with Gasteiger partial charge in [-0.05, 0) is 66.8 Å². The number of nitrogens with zero attached hydrogens (tertiary/aromatic N) is 4. The minimum Gasteiger partial charge on any atom is -0.316 e. The van der Waals surface area contributed by atoms with E-state index < -0.39 is 0 Å². The molecule has 6 nitrogen and oxygen atoms in total. The first-order valence-corrected chi connectivity index (χ1v) is 12.4. The number of rotatable bonds is 6. The number of aromatic nitrogens is 4. The lowest BCUT2D eigenvalue weighted by Gasteiger charge is -2.16. The Balaban J connectivity index is 1.15. The predicted molar refractivity (Wildman–Crippen MR) is 139 cm³/mol. The monoisotopic (exact) mass is 466 g/mol. The highest BCUT2D eigenvalue weighted by molar-refractivity contribution is 7.22. The second kappa shape index (κ2) is 9.00. The average Bonchev–Trinajstić information content (AvgIpc) is 3.59. The molecule has 0 aliphatic carbocycles. The van der Waals surface area contributed by atoms with Crippen LogP contribution in [0.4, 0.5) is 10.9 Å². The molecule has 0 bridgehead atoms. The van der Waals surface area contributed by atoms with Gasteiger partial charge in [0.05, 0.1) is 16.4 Å². The van der Waals surface area contributed by atoms with Gasteiger partial charge in [0, 0.05) is 30.5 Å². The highest BCUT2D eigenvalue weighted by Gasteiger charge is 2.23. The highest BCUT2D eigenvalue weighted by Crippen LogP contribution is 2.33. The van der Waals surface area contributed by atoms with Crippen molar-refractivity contribution >= 4 is 32.5 Å². The molecule has 0 saturated carbocycles. The van der Waals surface area contributed by atoms with Crippen molar-refractivity contribution in [2.24, 2.45) is 0 Å². The van der Waals surface area contributed by atoms with Gasteiger partial charge in [0.1, 0.15) is 5.82 Å². The van der Waals surface area contributed by atoms with Gasteiger partial charge in [-0.15, -0.1) is 0 Å². The molecule has 4 heterocycles. The van der Waals surface area contributed by atoms with Crippen LogP contribution in [0, 0.1) is 6.92 Å². The second-order valence-electron chi connectivity index (χ2n) is 8.92. The molecule has 3 aromatic heterocycles. The van der Waals surface area contributed by atoms with Crippen molar-refractivity contribution in [3.05, 3.63) is 89.9 Å². The lowest BCUT2D eigenvalue weighted by molar-refractivity contribution is 0.327. The molecule has 6 rings (SSSR count). The molecule has 5 aromatic rings. The molecule has 2 N–H and O–H groups in total. The van der Waals surface area contributed by atoms with Gasteiger partial charge in [0.25, 0.3) is 0 Å². The minimum atomic E-state index is 0.624. The van der Waals surface area contributed by atoms with Crippen molar-refractivity contribution in [3.8, 4) is 11.1 Å². The quantitative estimate of drug-likeness (QED) is 0.315. The Morgan fingerprint density at radius 3 is 2.88 bits per heavy atom. The summed E-state index contributed by atoms with van der Waals surface area (Å²) in [6.45, 7) is 5.20. The minimum absolute atomic E-state index is 0.624. The Labute approximate surface area is 202 Å². The largest absolute Gasteiger partial charge is 0.316 e. The van der Waals surface area contributed by atoms with Gasteiger partial charge in [-0.2, -0.15) is 5.10 Å². The number of hydrogen-bond donors (Lipinski definition) is 2. The molecule has 34 heavy (non-hydrogen) atoms. The van der Waals surface area contributed by atoms with Crippen molar-refractivity contribution in [1.82, 2.24) is 25.1 Å². The third-order valence-electron chi connectivity index (χ3n) is 6.54. The van der Waals surface area contributed by atoms with Crippen molar-refractivity contribution in [2.45, 2.75) is 25.8 Å². The Morgan fingerprint density at radius 2 is 2.03 bits per heavy atom. The number of aromatic amines is 1. The molecule has 0 amide bonds. The number of pyridine rings is 1. The number of benzene rings is 2. The van der Waals surface area contributed by atoms with E-state index in [0.717, 1.165) is 57.6 Å². The predicted octanol–water partition coefficient (Wildman–Crippen LogP) is 6.12. The molecule has 1 fully saturated rings. The van der Waals surface area contributed by atoms with Gasteiger partial charge in [-0.1, -0.05) is 47.7 Å². The van der Waals surface area contributed by atoms with E-state index in [4.69, 9.17) is 4.98 Å². The summed E-state index contributed by atoms with van der Waals surface area (Å²) in [7, 11) is 0. The molecule has 0 spiro atoms. The molecule has 1 saturated heterocycles. The van der Waals surface area contributed by atoms with Gasteiger partial charge in [-0.3, -0.25) is 10.00 Å². The van der Waals surface area contributed by atoms with Gasteiger partial charge in [0.2, 0.25) is 0 Å². The SMILES string of the molecule is Cc1[nH]ncc1-c1ccc2nc(Nc3cc(CN4CCC(c5ccccc5)C4)ccn3)sc2c1. The average molecular weight is 467 g/mol. The lowest BCUT2D eigenvalue weighted by atomic mass is 9.99. The summed E-state index contributed by atoms with van der Waals surface area (Å²) in [5.41, 5.74) is 7.03. The highest BCUT2D eigenvalue weighted by atomic mass is 32.1. The zero-order valence-electron chi connectivity index (χ0n) is 19.0. The molecule has 2 aromatic carbocycles. The van der Waals surface area contributed by atoms with E-state index in [-0.39, 0.29) is 0 Å². The van der Waals surface area contributed by atoms with Crippen molar-refractivity contribution in [2.75, 3.05) is 18.4 Å². The molecular formula is C27H26N6S. The Kier molecular flexibility index (Phi) is 5.57. The number of thiazole rings is 1. The first-order valence-electron chi connectivity index (χ1n) is 11.6. The van der Waals surface area contributed by atoms with Crippen LogP contribution < -0.4 is 5.32 Å². The maximum atomic E-state index is 4.76. The molecule has 1 atom stereocenters. The molecule has 1 aliphatic heterocycles. The summed E-state index contributed by atoms with van der Waals surface area (Å²) >= 11 is 1.64. The third-order valence-corrected chi connectivity index (χ3v) is 7.47. The fourth-order valence-corrected chi connectivity index (χ4v) is 5.68. The van der Waals surface area contributed by atoms with E-state index in [1.165, 1.54) is 17.5 Å². The molecule has 170 valence electrons. The van der Waals surface area contributed by atoms with Crippen molar-refractivity contribution in [3.63, 3.8) is 0 Å². The van der Waals surface area contributed by atoms with Gasteiger partial charge >= 0.3 is 0 Å². The number of anilines is 2. The Hall–Kier alpha value is -3.55. The van der Waals surface area contributed by atoms with Crippen LogP contribution in [0.25, 0.3) is 21.3 Å². The van der Waals surface area contributed by atoms with Crippen LogP contribution in [0.3, 0.4) is 0 Å². The zero-order chi connectivity index (χ0) is 22.9.